The zero-order chi connectivity index (χ0) is 19.1. The predicted octanol–water partition coefficient (Wildman–Crippen LogP) is 4.64. The first kappa shape index (κ1) is 18.5. The summed E-state index contributed by atoms with van der Waals surface area (Å²) in [5.74, 6) is 0.144. The van der Waals surface area contributed by atoms with Gasteiger partial charge in [0.1, 0.15) is 0 Å². The van der Waals surface area contributed by atoms with Crippen LogP contribution in [0, 0.1) is 0 Å². The molecule has 6 heteroatoms. The van der Waals surface area contributed by atoms with Gasteiger partial charge in [-0.2, -0.15) is 0 Å². The Morgan fingerprint density at radius 2 is 1.93 bits per heavy atom. The molecule has 3 heterocycles. The first-order chi connectivity index (χ1) is 13.7. The topological polar surface area (TPSA) is 26.8 Å². The smallest absolute Gasteiger partial charge is 0.232 e. The molecule has 0 aromatic heterocycles. The van der Waals surface area contributed by atoms with Crippen molar-refractivity contribution in [2.45, 2.75) is 35.1 Å². The van der Waals surface area contributed by atoms with E-state index < -0.39 is 0 Å². The van der Waals surface area contributed by atoms with Crippen LogP contribution in [-0.4, -0.2) is 54.5 Å². The molecule has 0 spiro atoms. The maximum Gasteiger partial charge on any atom is 0.232 e. The molecule has 1 amide bonds. The fourth-order valence-electron chi connectivity index (χ4n) is 4.62. The van der Waals surface area contributed by atoms with Gasteiger partial charge in [0.05, 0.1) is 11.4 Å². The fourth-order valence-corrected chi connectivity index (χ4v) is 5.83. The number of rotatable bonds is 3. The summed E-state index contributed by atoms with van der Waals surface area (Å²) in [6.45, 7) is 5.38. The summed E-state index contributed by atoms with van der Waals surface area (Å²) >= 11 is 7.96. The lowest BCUT2D eigenvalue weighted by atomic mass is 10.1. The molecular formula is C22H24ClN3OS. The second-order valence-electron chi connectivity index (χ2n) is 7.79. The fraction of sp³-hybridized carbons (Fsp3) is 0.409. The normalized spacial score (nSPS) is 21.9. The van der Waals surface area contributed by atoms with E-state index in [0.29, 0.717) is 17.5 Å². The number of carbonyl (C=O) groups excluding carboxylic acids is 1. The third-order valence-corrected chi connectivity index (χ3v) is 7.42. The highest BCUT2D eigenvalue weighted by Gasteiger charge is 2.32. The number of halogens is 1. The minimum absolute atomic E-state index is 0.144. The van der Waals surface area contributed by atoms with Crippen molar-refractivity contribution in [2.75, 3.05) is 37.6 Å². The minimum atomic E-state index is 0.144. The maximum atomic E-state index is 13.3. The number of hydrogen-bond acceptors (Lipinski definition) is 4. The summed E-state index contributed by atoms with van der Waals surface area (Å²) in [5.41, 5.74) is 1.87. The molecule has 2 aromatic rings. The van der Waals surface area contributed by atoms with Crippen molar-refractivity contribution in [3.8, 4) is 0 Å². The van der Waals surface area contributed by atoms with Gasteiger partial charge in [0.25, 0.3) is 0 Å². The second kappa shape index (κ2) is 7.71. The predicted molar refractivity (Wildman–Crippen MR) is 115 cm³/mol. The van der Waals surface area contributed by atoms with E-state index in [4.69, 9.17) is 11.6 Å². The van der Waals surface area contributed by atoms with E-state index >= 15 is 0 Å². The molecular weight excluding hydrogens is 390 g/mol. The molecule has 2 fully saturated rings. The first-order valence-corrected chi connectivity index (χ1v) is 11.2. The molecule has 0 aliphatic carbocycles. The molecule has 3 aliphatic heterocycles. The number of fused-ring (bicyclic) bond motifs is 3. The highest BCUT2D eigenvalue weighted by molar-refractivity contribution is 7.99. The number of anilines is 2. The quantitative estimate of drug-likeness (QED) is 0.732. The Hall–Kier alpha value is -1.53. The zero-order valence-electron chi connectivity index (χ0n) is 15.8. The molecule has 5 rings (SSSR count). The van der Waals surface area contributed by atoms with Crippen LogP contribution in [0.25, 0.3) is 0 Å². The summed E-state index contributed by atoms with van der Waals surface area (Å²) in [6.07, 6.45) is 3.14. The average Bonchev–Trinajstić information content (AvgIpc) is 3.18. The van der Waals surface area contributed by atoms with Gasteiger partial charge >= 0.3 is 0 Å². The van der Waals surface area contributed by atoms with E-state index in [2.05, 4.69) is 15.9 Å². The second-order valence-corrected chi connectivity index (χ2v) is 9.31. The summed E-state index contributed by atoms with van der Waals surface area (Å²) < 4.78 is 0. The number of para-hydroxylation sites is 1. The molecule has 0 unspecified atom stereocenters. The summed E-state index contributed by atoms with van der Waals surface area (Å²) in [4.78, 5) is 22.5. The van der Waals surface area contributed by atoms with Gasteiger partial charge < -0.3 is 0 Å². The highest BCUT2D eigenvalue weighted by Crippen LogP contribution is 2.48. The molecule has 2 aromatic carbocycles. The Bertz CT molecular complexity index is 905. The van der Waals surface area contributed by atoms with Gasteiger partial charge in [-0.1, -0.05) is 35.5 Å². The van der Waals surface area contributed by atoms with Crippen LogP contribution in [0.3, 0.4) is 0 Å². The van der Waals surface area contributed by atoms with Crippen LogP contribution in [0.15, 0.2) is 52.3 Å². The van der Waals surface area contributed by atoms with E-state index in [1.807, 2.05) is 41.3 Å². The van der Waals surface area contributed by atoms with Crippen molar-refractivity contribution in [3.05, 3.63) is 47.5 Å². The molecule has 4 nitrogen and oxygen atoms in total. The van der Waals surface area contributed by atoms with Crippen molar-refractivity contribution < 1.29 is 4.79 Å². The minimum Gasteiger partial charge on any atom is -0.300 e. The third-order valence-electron chi connectivity index (χ3n) is 6.05. The number of carbonyl (C=O) groups is 1. The standard InChI is InChI=1S/C22H24ClN3OS/c23-16-7-8-21-19(14-16)26(18-5-1-2-6-20(18)28-21)22(27)9-11-24-12-13-25-10-3-4-17(25)15-24/h1-2,5-8,14,17H,3-4,9-13,15H2/t17-/m0/s1. The number of hydrogen-bond donors (Lipinski definition) is 0. The van der Waals surface area contributed by atoms with Crippen LogP contribution in [0.1, 0.15) is 19.3 Å². The van der Waals surface area contributed by atoms with Crippen LogP contribution < -0.4 is 4.90 Å². The largest absolute Gasteiger partial charge is 0.300 e. The molecule has 0 bridgehead atoms. The Labute approximate surface area is 175 Å². The Balaban J connectivity index is 1.35. The van der Waals surface area contributed by atoms with Crippen LogP contribution in [0.5, 0.6) is 0 Å². The lowest BCUT2D eigenvalue weighted by Gasteiger charge is -2.38. The Morgan fingerprint density at radius 3 is 2.86 bits per heavy atom. The molecule has 0 radical (unpaired) electrons. The lowest BCUT2D eigenvalue weighted by Crippen LogP contribution is -2.50. The summed E-state index contributed by atoms with van der Waals surface area (Å²) in [6, 6.07) is 14.6. The van der Waals surface area contributed by atoms with Gasteiger partial charge in [0.2, 0.25) is 5.91 Å². The SMILES string of the molecule is O=C(CCN1CCN2CCC[C@H]2C1)N1c2ccccc2Sc2ccc(Cl)cc21. The molecule has 2 saturated heterocycles. The maximum absolute atomic E-state index is 13.3. The van der Waals surface area contributed by atoms with E-state index in [0.717, 1.165) is 47.3 Å². The van der Waals surface area contributed by atoms with Crippen molar-refractivity contribution in [1.82, 2.24) is 9.80 Å². The van der Waals surface area contributed by atoms with E-state index in [1.165, 1.54) is 19.4 Å². The molecule has 1 atom stereocenters. The van der Waals surface area contributed by atoms with Crippen LogP contribution in [0.2, 0.25) is 5.02 Å². The van der Waals surface area contributed by atoms with Gasteiger partial charge in [-0.15, -0.1) is 0 Å². The Kier molecular flexibility index (Phi) is 5.09. The number of piperazine rings is 1. The Morgan fingerprint density at radius 1 is 1.07 bits per heavy atom. The van der Waals surface area contributed by atoms with Crippen molar-refractivity contribution in [1.29, 1.82) is 0 Å². The van der Waals surface area contributed by atoms with Gasteiger partial charge in [0, 0.05) is 53.5 Å². The lowest BCUT2D eigenvalue weighted by molar-refractivity contribution is -0.118. The molecule has 28 heavy (non-hydrogen) atoms. The van der Waals surface area contributed by atoms with Crippen LogP contribution >= 0.6 is 23.4 Å². The van der Waals surface area contributed by atoms with Crippen molar-refractivity contribution in [3.63, 3.8) is 0 Å². The molecule has 0 saturated carbocycles. The van der Waals surface area contributed by atoms with Gasteiger partial charge in [-0.25, -0.2) is 0 Å². The van der Waals surface area contributed by atoms with E-state index in [9.17, 15) is 4.79 Å². The van der Waals surface area contributed by atoms with Crippen molar-refractivity contribution in [2.24, 2.45) is 0 Å². The molecule has 3 aliphatic rings. The van der Waals surface area contributed by atoms with Crippen LogP contribution in [-0.2, 0) is 4.79 Å². The molecule has 0 N–H and O–H groups in total. The van der Waals surface area contributed by atoms with Gasteiger partial charge in [-0.05, 0) is 49.7 Å². The summed E-state index contributed by atoms with van der Waals surface area (Å²) in [7, 11) is 0. The third kappa shape index (κ3) is 3.45. The number of amides is 1. The average molecular weight is 414 g/mol. The number of benzene rings is 2. The molecule has 146 valence electrons. The van der Waals surface area contributed by atoms with Crippen molar-refractivity contribution >= 4 is 40.6 Å². The van der Waals surface area contributed by atoms with Gasteiger partial charge in [-0.3, -0.25) is 19.5 Å². The number of nitrogens with zero attached hydrogens (tertiary/aromatic N) is 3. The van der Waals surface area contributed by atoms with Gasteiger partial charge in [0.15, 0.2) is 0 Å². The zero-order valence-corrected chi connectivity index (χ0v) is 17.4. The highest BCUT2D eigenvalue weighted by atomic mass is 35.5. The summed E-state index contributed by atoms with van der Waals surface area (Å²) in [5, 5.41) is 0.661. The van der Waals surface area contributed by atoms with E-state index in [-0.39, 0.29) is 5.91 Å². The van der Waals surface area contributed by atoms with E-state index in [1.54, 1.807) is 11.8 Å². The monoisotopic (exact) mass is 413 g/mol. The first-order valence-electron chi connectivity index (χ1n) is 10.0. The van der Waals surface area contributed by atoms with Crippen LogP contribution in [0.4, 0.5) is 11.4 Å².